The summed E-state index contributed by atoms with van der Waals surface area (Å²) in [6.45, 7) is -0.132. The van der Waals surface area contributed by atoms with Gasteiger partial charge in [0.1, 0.15) is 6.54 Å². The van der Waals surface area contributed by atoms with Crippen molar-refractivity contribution in [3.63, 3.8) is 0 Å². The molecular weight excluding hydrogens is 258 g/mol. The number of hydrogen-bond donors (Lipinski definition) is 1. The van der Waals surface area contributed by atoms with E-state index in [0.717, 1.165) is 0 Å². The van der Waals surface area contributed by atoms with Crippen LogP contribution >= 0.6 is 11.6 Å². The Bertz CT molecular complexity index is 419. The van der Waals surface area contributed by atoms with E-state index < -0.39 is 5.97 Å². The van der Waals surface area contributed by atoms with Gasteiger partial charge < -0.3 is 14.7 Å². The third kappa shape index (κ3) is 4.35. The number of carbonyl (C=O) groups is 2. The number of hydrogen-bond acceptors (Lipinski definition) is 3. The van der Waals surface area contributed by atoms with Crippen LogP contribution in [0.2, 0.25) is 5.02 Å². The normalized spacial score (nSPS) is 10.1. The van der Waals surface area contributed by atoms with Gasteiger partial charge in [-0.1, -0.05) is 11.6 Å². The predicted molar refractivity (Wildman–Crippen MR) is 67.9 cm³/mol. The SMILES string of the molecule is COCCC(=O)N(CC(=O)O)c1ccc(Cl)cc1. The molecule has 0 atom stereocenters. The molecule has 0 spiro atoms. The molecular formula is C12H14ClNO4. The van der Waals surface area contributed by atoms with Gasteiger partial charge in [-0.05, 0) is 24.3 Å². The molecule has 1 amide bonds. The minimum absolute atomic E-state index is 0.131. The van der Waals surface area contributed by atoms with Crippen molar-refractivity contribution < 1.29 is 19.4 Å². The molecule has 6 heteroatoms. The number of benzene rings is 1. The maximum atomic E-state index is 11.9. The molecule has 0 heterocycles. The number of methoxy groups -OCH3 is 1. The van der Waals surface area contributed by atoms with E-state index in [-0.39, 0.29) is 25.5 Å². The van der Waals surface area contributed by atoms with Crippen LogP contribution < -0.4 is 4.90 Å². The number of anilines is 1. The Morgan fingerprint density at radius 2 is 1.94 bits per heavy atom. The van der Waals surface area contributed by atoms with Crippen LogP contribution in [-0.4, -0.2) is 37.2 Å². The van der Waals surface area contributed by atoms with Crippen molar-refractivity contribution in [1.82, 2.24) is 0 Å². The van der Waals surface area contributed by atoms with Crippen LogP contribution in [0.5, 0.6) is 0 Å². The zero-order valence-corrected chi connectivity index (χ0v) is 10.7. The maximum Gasteiger partial charge on any atom is 0.323 e. The highest BCUT2D eigenvalue weighted by Gasteiger charge is 2.18. The lowest BCUT2D eigenvalue weighted by Gasteiger charge is -2.20. The lowest BCUT2D eigenvalue weighted by Crippen LogP contribution is -2.36. The van der Waals surface area contributed by atoms with Gasteiger partial charge >= 0.3 is 5.97 Å². The van der Waals surface area contributed by atoms with Crippen molar-refractivity contribution in [2.45, 2.75) is 6.42 Å². The van der Waals surface area contributed by atoms with Crippen LogP contribution in [0.15, 0.2) is 24.3 Å². The van der Waals surface area contributed by atoms with Crippen molar-refractivity contribution >= 4 is 29.2 Å². The number of halogens is 1. The molecule has 0 aromatic heterocycles. The molecule has 0 saturated heterocycles. The molecule has 0 bridgehead atoms. The summed E-state index contributed by atoms with van der Waals surface area (Å²) < 4.78 is 4.81. The molecule has 1 aromatic carbocycles. The zero-order valence-electron chi connectivity index (χ0n) is 9.93. The molecule has 0 fully saturated rings. The van der Waals surface area contributed by atoms with Gasteiger partial charge in [-0.2, -0.15) is 0 Å². The summed E-state index contributed by atoms with van der Waals surface area (Å²) in [6.07, 6.45) is 0.131. The lowest BCUT2D eigenvalue weighted by atomic mass is 10.2. The van der Waals surface area contributed by atoms with Crippen LogP contribution in [0.25, 0.3) is 0 Å². The van der Waals surface area contributed by atoms with E-state index in [9.17, 15) is 9.59 Å². The van der Waals surface area contributed by atoms with Gasteiger partial charge in [0.15, 0.2) is 0 Å². The number of carboxylic acids is 1. The third-order valence-electron chi connectivity index (χ3n) is 2.25. The number of ether oxygens (including phenoxy) is 1. The minimum atomic E-state index is -1.07. The number of carbonyl (C=O) groups excluding carboxylic acids is 1. The summed E-state index contributed by atoms with van der Waals surface area (Å²) in [4.78, 5) is 23.8. The Morgan fingerprint density at radius 3 is 2.44 bits per heavy atom. The van der Waals surface area contributed by atoms with Crippen LogP contribution in [-0.2, 0) is 14.3 Å². The molecule has 1 N–H and O–H groups in total. The Balaban J connectivity index is 2.86. The summed E-state index contributed by atoms with van der Waals surface area (Å²) in [5, 5.41) is 9.35. The van der Waals surface area contributed by atoms with E-state index in [1.807, 2.05) is 0 Å². The zero-order chi connectivity index (χ0) is 13.5. The molecule has 0 radical (unpaired) electrons. The van der Waals surface area contributed by atoms with Gasteiger partial charge in [-0.25, -0.2) is 0 Å². The lowest BCUT2D eigenvalue weighted by molar-refractivity contribution is -0.136. The summed E-state index contributed by atoms with van der Waals surface area (Å²) >= 11 is 5.75. The van der Waals surface area contributed by atoms with E-state index in [4.69, 9.17) is 21.4 Å². The largest absolute Gasteiger partial charge is 0.480 e. The smallest absolute Gasteiger partial charge is 0.323 e. The first kappa shape index (κ1) is 14.5. The van der Waals surface area contributed by atoms with Crippen molar-refractivity contribution in [3.05, 3.63) is 29.3 Å². The van der Waals surface area contributed by atoms with Crippen molar-refractivity contribution in [1.29, 1.82) is 0 Å². The number of amides is 1. The Labute approximate surface area is 110 Å². The van der Waals surface area contributed by atoms with Gasteiger partial charge in [0.05, 0.1) is 13.0 Å². The summed E-state index contributed by atoms with van der Waals surface area (Å²) in [6, 6.07) is 6.43. The fraction of sp³-hybridized carbons (Fsp3) is 0.333. The standard InChI is InChI=1S/C12H14ClNO4/c1-18-7-6-11(15)14(8-12(16)17)10-4-2-9(13)3-5-10/h2-5H,6-8H2,1H3,(H,16,17). The molecule has 5 nitrogen and oxygen atoms in total. The topological polar surface area (TPSA) is 66.8 Å². The van der Waals surface area contributed by atoms with Gasteiger partial charge in [0.2, 0.25) is 5.91 Å². The number of rotatable bonds is 6. The van der Waals surface area contributed by atoms with Gasteiger partial charge in [0, 0.05) is 17.8 Å². The molecule has 1 aromatic rings. The monoisotopic (exact) mass is 271 g/mol. The Kier molecular flexibility index (Phi) is 5.61. The molecule has 18 heavy (non-hydrogen) atoms. The average molecular weight is 272 g/mol. The first-order valence-corrected chi connectivity index (χ1v) is 5.69. The second kappa shape index (κ2) is 6.98. The Morgan fingerprint density at radius 1 is 1.33 bits per heavy atom. The second-order valence-corrected chi connectivity index (χ2v) is 4.03. The number of aliphatic carboxylic acids is 1. The van der Waals surface area contributed by atoms with Crippen LogP contribution in [0, 0.1) is 0 Å². The quantitative estimate of drug-likeness (QED) is 0.857. The Hall–Kier alpha value is -1.59. The van der Waals surface area contributed by atoms with E-state index in [2.05, 4.69) is 0 Å². The van der Waals surface area contributed by atoms with E-state index in [1.165, 1.54) is 12.0 Å². The third-order valence-corrected chi connectivity index (χ3v) is 2.50. The van der Waals surface area contributed by atoms with Gasteiger partial charge in [-0.15, -0.1) is 0 Å². The molecule has 0 unspecified atom stereocenters. The van der Waals surface area contributed by atoms with Crippen molar-refractivity contribution in [2.24, 2.45) is 0 Å². The molecule has 0 aliphatic carbocycles. The second-order valence-electron chi connectivity index (χ2n) is 3.59. The fourth-order valence-corrected chi connectivity index (χ4v) is 1.53. The highest BCUT2D eigenvalue weighted by Crippen LogP contribution is 2.18. The minimum Gasteiger partial charge on any atom is -0.480 e. The van der Waals surface area contributed by atoms with Gasteiger partial charge in [0.25, 0.3) is 0 Å². The first-order chi connectivity index (χ1) is 8.54. The van der Waals surface area contributed by atoms with Crippen molar-refractivity contribution in [3.8, 4) is 0 Å². The fourth-order valence-electron chi connectivity index (χ4n) is 1.40. The summed E-state index contributed by atoms with van der Waals surface area (Å²) in [5.74, 6) is -1.38. The highest BCUT2D eigenvalue weighted by atomic mass is 35.5. The average Bonchev–Trinajstić information content (AvgIpc) is 2.34. The van der Waals surface area contributed by atoms with Crippen LogP contribution in [0.3, 0.4) is 0 Å². The molecule has 1 rings (SSSR count). The number of nitrogens with zero attached hydrogens (tertiary/aromatic N) is 1. The molecule has 0 saturated carbocycles. The molecule has 0 aliphatic heterocycles. The summed E-state index contributed by atoms with van der Waals surface area (Å²) in [5.41, 5.74) is 0.503. The molecule has 98 valence electrons. The molecule has 0 aliphatic rings. The van der Waals surface area contributed by atoms with Crippen LogP contribution in [0.4, 0.5) is 5.69 Å². The maximum absolute atomic E-state index is 11.9. The number of carboxylic acid groups (broad SMARTS) is 1. The predicted octanol–water partition coefficient (Wildman–Crippen LogP) is 1.79. The first-order valence-electron chi connectivity index (χ1n) is 5.31. The summed E-state index contributed by atoms with van der Waals surface area (Å²) in [7, 11) is 1.48. The van der Waals surface area contributed by atoms with Gasteiger partial charge in [-0.3, -0.25) is 9.59 Å². The van der Waals surface area contributed by atoms with E-state index in [0.29, 0.717) is 10.7 Å². The van der Waals surface area contributed by atoms with E-state index in [1.54, 1.807) is 24.3 Å². The highest BCUT2D eigenvalue weighted by molar-refractivity contribution is 6.30. The van der Waals surface area contributed by atoms with E-state index >= 15 is 0 Å². The van der Waals surface area contributed by atoms with Crippen molar-refractivity contribution in [2.75, 3.05) is 25.2 Å². The van der Waals surface area contributed by atoms with Crippen LogP contribution in [0.1, 0.15) is 6.42 Å².